The second kappa shape index (κ2) is 4.53. The molecule has 5 heteroatoms. The lowest BCUT2D eigenvalue weighted by Gasteiger charge is -2.09. The van der Waals surface area contributed by atoms with Gasteiger partial charge in [0, 0.05) is 10.7 Å². The van der Waals surface area contributed by atoms with Crippen LogP contribution in [0.5, 0.6) is 0 Å². The number of carboxylic acids is 1. The summed E-state index contributed by atoms with van der Waals surface area (Å²) in [5.74, 6) is -0.398. The molecule has 1 aromatic heterocycles. The quantitative estimate of drug-likeness (QED) is 0.866. The monoisotopic (exact) mass is 287 g/mol. The molecular formula is C10H10BrNO2S. The zero-order valence-electron chi connectivity index (χ0n) is 7.89. The van der Waals surface area contributed by atoms with Crippen molar-refractivity contribution in [2.24, 2.45) is 5.92 Å². The van der Waals surface area contributed by atoms with E-state index in [0.29, 0.717) is 5.92 Å². The largest absolute Gasteiger partial charge is 0.480 e. The molecule has 0 spiro atoms. The van der Waals surface area contributed by atoms with Gasteiger partial charge in [-0.1, -0.05) is 11.8 Å². The van der Waals surface area contributed by atoms with E-state index in [4.69, 9.17) is 5.11 Å². The summed E-state index contributed by atoms with van der Waals surface area (Å²) in [6, 6.07) is 3.72. The molecule has 0 aromatic carbocycles. The number of carbonyl (C=O) groups is 1. The number of rotatable bonds is 4. The van der Waals surface area contributed by atoms with Crippen LogP contribution in [0.2, 0.25) is 0 Å². The Kier molecular flexibility index (Phi) is 3.31. The fourth-order valence-electron chi connectivity index (χ4n) is 1.31. The molecule has 0 saturated heterocycles. The number of halogens is 1. The van der Waals surface area contributed by atoms with Crippen LogP contribution < -0.4 is 0 Å². The Morgan fingerprint density at radius 3 is 2.80 bits per heavy atom. The lowest BCUT2D eigenvalue weighted by atomic mass is 10.3. The molecule has 80 valence electrons. The normalized spacial score (nSPS) is 17.4. The Morgan fingerprint density at radius 2 is 2.33 bits per heavy atom. The average Bonchev–Trinajstić information content (AvgIpc) is 3.00. The molecule has 1 N–H and O–H groups in total. The fraction of sp³-hybridized carbons (Fsp3) is 0.400. The number of pyridine rings is 1. The van der Waals surface area contributed by atoms with Crippen LogP contribution in [0.25, 0.3) is 0 Å². The van der Waals surface area contributed by atoms with Crippen LogP contribution in [-0.4, -0.2) is 21.3 Å². The van der Waals surface area contributed by atoms with Gasteiger partial charge >= 0.3 is 5.97 Å². The van der Waals surface area contributed by atoms with Crippen molar-refractivity contribution in [3.63, 3.8) is 0 Å². The Labute approximate surface area is 100 Å². The Balaban J connectivity index is 2.05. The summed E-state index contributed by atoms with van der Waals surface area (Å²) < 4.78 is 0.908. The molecule has 1 aliphatic carbocycles. The molecule has 1 saturated carbocycles. The van der Waals surface area contributed by atoms with E-state index >= 15 is 0 Å². The van der Waals surface area contributed by atoms with Crippen LogP contribution in [0.15, 0.2) is 27.8 Å². The third-order valence-corrected chi connectivity index (χ3v) is 4.03. The SMILES string of the molecule is O=C(O)C(Sc1ccc(Br)cn1)C1CC1. The number of aliphatic carboxylic acids is 1. The van der Waals surface area contributed by atoms with Gasteiger partial charge < -0.3 is 5.11 Å². The third kappa shape index (κ3) is 2.95. The van der Waals surface area contributed by atoms with Gasteiger partial charge in [0.05, 0.1) is 5.03 Å². The molecule has 0 radical (unpaired) electrons. The van der Waals surface area contributed by atoms with Gasteiger partial charge in [0.15, 0.2) is 0 Å². The highest BCUT2D eigenvalue weighted by Gasteiger charge is 2.37. The van der Waals surface area contributed by atoms with E-state index in [9.17, 15) is 4.79 Å². The van der Waals surface area contributed by atoms with Crippen molar-refractivity contribution in [1.82, 2.24) is 4.98 Å². The standard InChI is InChI=1S/C10H10BrNO2S/c11-7-3-4-8(12-5-7)15-9(10(13)14)6-1-2-6/h3-6,9H,1-2H2,(H,13,14). The fourth-order valence-corrected chi connectivity index (χ4v) is 2.63. The second-order valence-corrected chi connectivity index (χ2v) is 5.61. The predicted octanol–water partition coefficient (Wildman–Crippen LogP) is 2.80. The zero-order valence-corrected chi connectivity index (χ0v) is 10.3. The number of aromatic nitrogens is 1. The van der Waals surface area contributed by atoms with Gasteiger partial charge in [0.2, 0.25) is 0 Å². The summed E-state index contributed by atoms with van der Waals surface area (Å²) in [5, 5.41) is 9.48. The predicted molar refractivity (Wildman–Crippen MR) is 61.9 cm³/mol. The van der Waals surface area contributed by atoms with Crippen molar-refractivity contribution in [2.75, 3.05) is 0 Å². The average molecular weight is 288 g/mol. The zero-order chi connectivity index (χ0) is 10.8. The molecule has 0 amide bonds. The van der Waals surface area contributed by atoms with Crippen molar-refractivity contribution >= 4 is 33.7 Å². The van der Waals surface area contributed by atoms with E-state index in [1.165, 1.54) is 11.8 Å². The van der Waals surface area contributed by atoms with Crippen LogP contribution in [0, 0.1) is 5.92 Å². The highest BCUT2D eigenvalue weighted by atomic mass is 79.9. The van der Waals surface area contributed by atoms with E-state index in [2.05, 4.69) is 20.9 Å². The minimum atomic E-state index is -0.729. The lowest BCUT2D eigenvalue weighted by Crippen LogP contribution is -2.18. The maximum Gasteiger partial charge on any atom is 0.317 e. The van der Waals surface area contributed by atoms with E-state index < -0.39 is 5.97 Å². The first-order valence-corrected chi connectivity index (χ1v) is 6.35. The molecule has 3 nitrogen and oxygen atoms in total. The molecule has 1 atom stereocenters. The van der Waals surface area contributed by atoms with Gasteiger partial charge in [-0.05, 0) is 46.8 Å². The summed E-state index contributed by atoms with van der Waals surface area (Å²) in [7, 11) is 0. The topological polar surface area (TPSA) is 50.2 Å². The molecule has 1 aliphatic rings. The summed E-state index contributed by atoms with van der Waals surface area (Å²) >= 11 is 4.64. The van der Waals surface area contributed by atoms with Gasteiger partial charge in [0.1, 0.15) is 5.25 Å². The van der Waals surface area contributed by atoms with E-state index in [0.717, 1.165) is 22.3 Å². The van der Waals surface area contributed by atoms with Gasteiger partial charge in [-0.2, -0.15) is 0 Å². The Bertz CT molecular complexity index is 364. The van der Waals surface area contributed by atoms with E-state index in [1.54, 1.807) is 6.20 Å². The number of nitrogens with zero attached hydrogens (tertiary/aromatic N) is 1. The van der Waals surface area contributed by atoms with Crippen molar-refractivity contribution < 1.29 is 9.90 Å². The van der Waals surface area contributed by atoms with Crippen LogP contribution in [0.3, 0.4) is 0 Å². The Morgan fingerprint density at radius 1 is 1.60 bits per heavy atom. The molecule has 0 aliphatic heterocycles. The second-order valence-electron chi connectivity index (χ2n) is 3.53. The first kappa shape index (κ1) is 11.0. The number of carboxylic acid groups (broad SMARTS) is 1. The summed E-state index contributed by atoms with van der Waals surface area (Å²) in [6.07, 6.45) is 3.75. The van der Waals surface area contributed by atoms with E-state index in [1.807, 2.05) is 12.1 Å². The lowest BCUT2D eigenvalue weighted by molar-refractivity contribution is -0.136. The van der Waals surface area contributed by atoms with Crippen LogP contribution in [0.4, 0.5) is 0 Å². The van der Waals surface area contributed by atoms with Gasteiger partial charge in [-0.3, -0.25) is 4.79 Å². The minimum Gasteiger partial charge on any atom is -0.480 e. The number of hydrogen-bond acceptors (Lipinski definition) is 3. The van der Waals surface area contributed by atoms with Crippen LogP contribution in [0.1, 0.15) is 12.8 Å². The number of thioether (sulfide) groups is 1. The van der Waals surface area contributed by atoms with Gasteiger partial charge in [-0.15, -0.1) is 0 Å². The number of hydrogen-bond donors (Lipinski definition) is 1. The summed E-state index contributed by atoms with van der Waals surface area (Å²) in [4.78, 5) is 15.2. The summed E-state index contributed by atoms with van der Waals surface area (Å²) in [5.41, 5.74) is 0. The van der Waals surface area contributed by atoms with Crippen LogP contribution in [-0.2, 0) is 4.79 Å². The van der Waals surface area contributed by atoms with Crippen molar-refractivity contribution in [2.45, 2.75) is 23.1 Å². The first-order valence-electron chi connectivity index (χ1n) is 4.68. The molecule has 15 heavy (non-hydrogen) atoms. The molecule has 1 fully saturated rings. The Hall–Kier alpha value is -0.550. The summed E-state index contributed by atoms with van der Waals surface area (Å²) in [6.45, 7) is 0. The maximum atomic E-state index is 11.0. The smallest absolute Gasteiger partial charge is 0.317 e. The van der Waals surface area contributed by atoms with Crippen LogP contribution >= 0.6 is 27.7 Å². The highest BCUT2D eigenvalue weighted by molar-refractivity contribution is 9.10. The molecule has 2 rings (SSSR count). The molecule has 0 bridgehead atoms. The minimum absolute atomic E-state index is 0.331. The van der Waals surface area contributed by atoms with E-state index in [-0.39, 0.29) is 5.25 Å². The molecule has 1 unspecified atom stereocenters. The highest BCUT2D eigenvalue weighted by Crippen LogP contribution is 2.41. The van der Waals surface area contributed by atoms with Crippen molar-refractivity contribution in [1.29, 1.82) is 0 Å². The third-order valence-electron chi connectivity index (χ3n) is 2.24. The van der Waals surface area contributed by atoms with Crippen molar-refractivity contribution in [3.05, 3.63) is 22.8 Å². The van der Waals surface area contributed by atoms with Crippen molar-refractivity contribution in [3.8, 4) is 0 Å². The molecular weight excluding hydrogens is 278 g/mol. The molecule has 1 aromatic rings. The van der Waals surface area contributed by atoms with Gasteiger partial charge in [0.25, 0.3) is 0 Å². The first-order chi connectivity index (χ1) is 7.16. The maximum absolute atomic E-state index is 11.0. The molecule has 1 heterocycles. The van der Waals surface area contributed by atoms with Gasteiger partial charge in [-0.25, -0.2) is 4.98 Å².